The first kappa shape index (κ1) is 17.5. The number of nitrogens with zero attached hydrogens (tertiary/aromatic N) is 2. The quantitative estimate of drug-likeness (QED) is 0.881. The van der Waals surface area contributed by atoms with E-state index in [1.807, 2.05) is 0 Å². The highest BCUT2D eigenvalue weighted by Gasteiger charge is 2.27. The van der Waals surface area contributed by atoms with Gasteiger partial charge in [-0.1, -0.05) is 16.8 Å². The fourth-order valence-corrected chi connectivity index (χ4v) is 3.81. The second-order valence-electron chi connectivity index (χ2n) is 5.07. The first-order valence-corrected chi connectivity index (χ1v) is 8.36. The molecule has 0 unspecified atom stereocenters. The van der Waals surface area contributed by atoms with Gasteiger partial charge in [-0.05, 0) is 31.5 Å². The molecule has 0 bridgehead atoms. The first-order chi connectivity index (χ1) is 10.6. The molecule has 1 aromatic carbocycles. The van der Waals surface area contributed by atoms with Gasteiger partial charge >= 0.3 is 5.97 Å². The third kappa shape index (κ3) is 3.54. The van der Waals surface area contributed by atoms with E-state index in [9.17, 15) is 13.2 Å². The van der Waals surface area contributed by atoms with E-state index in [1.165, 1.54) is 26.1 Å². The Bertz CT molecular complexity index is 860. The summed E-state index contributed by atoms with van der Waals surface area (Å²) in [5, 5.41) is 13.0. The van der Waals surface area contributed by atoms with Crippen LogP contribution in [0.5, 0.6) is 0 Å². The summed E-state index contributed by atoms with van der Waals surface area (Å²) in [6, 6.07) is 4.09. The Morgan fingerprint density at radius 2 is 2.00 bits per heavy atom. The van der Waals surface area contributed by atoms with E-state index in [4.69, 9.17) is 21.2 Å². The van der Waals surface area contributed by atoms with Gasteiger partial charge in [-0.3, -0.25) is 0 Å². The van der Waals surface area contributed by atoms with E-state index in [2.05, 4.69) is 5.16 Å². The summed E-state index contributed by atoms with van der Waals surface area (Å²) in [5.41, 5.74) is 0.429. The van der Waals surface area contributed by atoms with Crippen LogP contribution in [0.4, 0.5) is 0 Å². The number of carboxylic acids is 1. The maximum Gasteiger partial charge on any atom is 0.336 e. The van der Waals surface area contributed by atoms with E-state index in [-0.39, 0.29) is 27.6 Å². The zero-order valence-corrected chi connectivity index (χ0v) is 14.3. The number of halogens is 1. The van der Waals surface area contributed by atoms with Crippen LogP contribution in [0.1, 0.15) is 27.4 Å². The summed E-state index contributed by atoms with van der Waals surface area (Å²) in [4.78, 5) is 11.1. The topological polar surface area (TPSA) is 101 Å². The van der Waals surface area contributed by atoms with Crippen molar-refractivity contribution in [3.63, 3.8) is 0 Å². The lowest BCUT2D eigenvalue weighted by molar-refractivity contribution is 0.0695. The summed E-state index contributed by atoms with van der Waals surface area (Å²) in [7, 11) is -2.56. The van der Waals surface area contributed by atoms with Crippen molar-refractivity contribution in [2.24, 2.45) is 0 Å². The minimum absolute atomic E-state index is 0.00592. The number of sulfonamides is 1. The molecule has 23 heavy (non-hydrogen) atoms. The zero-order valence-electron chi connectivity index (χ0n) is 12.7. The summed E-state index contributed by atoms with van der Waals surface area (Å²) in [6.45, 7) is 3.13. The number of hydrogen-bond acceptors (Lipinski definition) is 5. The number of carbonyl (C=O) groups is 1. The second-order valence-corrected chi connectivity index (χ2v) is 7.52. The van der Waals surface area contributed by atoms with E-state index in [0.29, 0.717) is 11.5 Å². The summed E-state index contributed by atoms with van der Waals surface area (Å²) in [6.07, 6.45) is 0. The van der Waals surface area contributed by atoms with E-state index in [1.54, 1.807) is 13.0 Å². The molecule has 1 heterocycles. The highest BCUT2D eigenvalue weighted by molar-refractivity contribution is 7.89. The number of rotatable bonds is 5. The lowest BCUT2D eigenvalue weighted by Crippen LogP contribution is -2.27. The Kier molecular flexibility index (Phi) is 4.79. The molecule has 1 aromatic heterocycles. The molecule has 0 amide bonds. The Morgan fingerprint density at radius 1 is 1.35 bits per heavy atom. The van der Waals surface area contributed by atoms with E-state index >= 15 is 0 Å². The summed E-state index contributed by atoms with van der Waals surface area (Å²) < 4.78 is 31.4. The van der Waals surface area contributed by atoms with Gasteiger partial charge in [0.25, 0.3) is 0 Å². The minimum atomic E-state index is -3.93. The van der Waals surface area contributed by atoms with Crippen molar-refractivity contribution >= 4 is 27.6 Å². The van der Waals surface area contributed by atoms with Gasteiger partial charge in [-0.15, -0.1) is 0 Å². The monoisotopic (exact) mass is 358 g/mol. The standard InChI is InChI=1S/C14H15ClN2O5S/c1-8-4-11(16-22-8)7-17(3)23(20,21)13-6-10(15)5-12(9(13)2)14(18)19/h4-6H,7H2,1-3H3,(H,18,19). The van der Waals surface area contributed by atoms with Crippen LogP contribution >= 0.6 is 11.6 Å². The molecule has 124 valence electrons. The molecule has 0 saturated heterocycles. The number of aromatic carboxylic acids is 1. The maximum atomic E-state index is 12.7. The van der Waals surface area contributed by atoms with E-state index in [0.717, 1.165) is 4.31 Å². The Balaban J connectivity index is 2.45. The van der Waals surface area contributed by atoms with E-state index < -0.39 is 16.0 Å². The second kappa shape index (κ2) is 6.31. The highest BCUT2D eigenvalue weighted by Crippen LogP contribution is 2.27. The molecule has 2 rings (SSSR count). The van der Waals surface area contributed by atoms with Gasteiger partial charge in [0.15, 0.2) is 0 Å². The zero-order chi connectivity index (χ0) is 17.4. The number of aryl methyl sites for hydroxylation is 1. The van der Waals surface area contributed by atoms with Gasteiger partial charge in [0, 0.05) is 18.1 Å². The Labute approximate surface area is 138 Å². The maximum absolute atomic E-state index is 12.7. The number of aromatic nitrogens is 1. The highest BCUT2D eigenvalue weighted by atomic mass is 35.5. The molecule has 0 saturated carbocycles. The molecule has 0 fully saturated rings. The number of carboxylic acid groups (broad SMARTS) is 1. The number of benzene rings is 1. The predicted molar refractivity (Wildman–Crippen MR) is 83.0 cm³/mol. The molecule has 2 aromatic rings. The average molecular weight is 359 g/mol. The predicted octanol–water partition coefficient (Wildman–Crippen LogP) is 2.46. The third-order valence-electron chi connectivity index (χ3n) is 3.30. The largest absolute Gasteiger partial charge is 0.478 e. The number of hydrogen-bond donors (Lipinski definition) is 1. The van der Waals surface area contributed by atoms with Gasteiger partial charge < -0.3 is 9.63 Å². The summed E-state index contributed by atoms with van der Waals surface area (Å²) in [5.74, 6) is -0.672. The van der Waals surface area contributed by atoms with Crippen molar-refractivity contribution in [2.45, 2.75) is 25.3 Å². The van der Waals surface area contributed by atoms with Crippen molar-refractivity contribution in [1.29, 1.82) is 0 Å². The molecule has 0 atom stereocenters. The van der Waals surface area contributed by atoms with Crippen LogP contribution in [-0.4, -0.2) is 36.0 Å². The fraction of sp³-hybridized carbons (Fsp3) is 0.286. The molecular weight excluding hydrogens is 344 g/mol. The molecule has 7 nitrogen and oxygen atoms in total. The SMILES string of the molecule is Cc1cc(CN(C)S(=O)(=O)c2cc(Cl)cc(C(=O)O)c2C)no1. The third-order valence-corrected chi connectivity index (χ3v) is 5.45. The molecule has 1 N–H and O–H groups in total. The average Bonchev–Trinajstić information content (AvgIpc) is 2.85. The normalized spacial score (nSPS) is 11.9. The molecule has 9 heteroatoms. The van der Waals surface area contributed by atoms with Crippen LogP contribution in [0.15, 0.2) is 27.6 Å². The molecular formula is C14H15ClN2O5S. The molecule has 0 radical (unpaired) electrons. The lowest BCUT2D eigenvalue weighted by atomic mass is 10.1. The van der Waals surface area contributed by atoms with Gasteiger partial charge in [-0.2, -0.15) is 4.31 Å². The van der Waals surface area contributed by atoms with Crippen LogP contribution in [0.25, 0.3) is 0 Å². The van der Waals surface area contributed by atoms with Crippen LogP contribution < -0.4 is 0 Å². The lowest BCUT2D eigenvalue weighted by Gasteiger charge is -2.18. The van der Waals surface area contributed by atoms with Crippen LogP contribution in [0.3, 0.4) is 0 Å². The summed E-state index contributed by atoms with van der Waals surface area (Å²) >= 11 is 5.87. The minimum Gasteiger partial charge on any atom is -0.478 e. The van der Waals surface area contributed by atoms with Gasteiger partial charge in [0.05, 0.1) is 22.7 Å². The van der Waals surface area contributed by atoms with Crippen molar-refractivity contribution < 1.29 is 22.8 Å². The van der Waals surface area contributed by atoms with Crippen LogP contribution in [0, 0.1) is 13.8 Å². The Hall–Kier alpha value is -1.90. The van der Waals surface area contributed by atoms with Crippen molar-refractivity contribution in [3.8, 4) is 0 Å². The molecule has 0 spiro atoms. The smallest absolute Gasteiger partial charge is 0.336 e. The van der Waals surface area contributed by atoms with Crippen LogP contribution in [0.2, 0.25) is 5.02 Å². The van der Waals surface area contributed by atoms with Crippen molar-refractivity contribution in [3.05, 3.63) is 45.8 Å². The van der Waals surface area contributed by atoms with Gasteiger partial charge in [0.1, 0.15) is 5.76 Å². The molecule has 0 aliphatic carbocycles. The fourth-order valence-electron chi connectivity index (χ4n) is 2.12. The molecule has 0 aliphatic rings. The van der Waals surface area contributed by atoms with Gasteiger partial charge in [-0.25, -0.2) is 13.2 Å². The Morgan fingerprint density at radius 3 is 2.52 bits per heavy atom. The van der Waals surface area contributed by atoms with Crippen molar-refractivity contribution in [2.75, 3.05) is 7.05 Å². The van der Waals surface area contributed by atoms with Crippen LogP contribution in [-0.2, 0) is 16.6 Å². The molecule has 0 aliphatic heterocycles. The first-order valence-electron chi connectivity index (χ1n) is 6.55. The van der Waals surface area contributed by atoms with Crippen molar-refractivity contribution in [1.82, 2.24) is 9.46 Å². The van der Waals surface area contributed by atoms with Gasteiger partial charge in [0.2, 0.25) is 10.0 Å².